The van der Waals surface area contributed by atoms with Gasteiger partial charge in [0, 0.05) is 31.5 Å². The van der Waals surface area contributed by atoms with Crippen LogP contribution < -0.4 is 9.47 Å². The summed E-state index contributed by atoms with van der Waals surface area (Å²) in [6, 6.07) is 7.04. The van der Waals surface area contributed by atoms with Crippen molar-refractivity contribution in [3.8, 4) is 22.8 Å². The van der Waals surface area contributed by atoms with E-state index in [1.54, 1.807) is 52.5 Å². The molecule has 0 saturated carbocycles. The van der Waals surface area contributed by atoms with Gasteiger partial charge in [0.1, 0.15) is 17.2 Å². The average Bonchev–Trinajstić information content (AvgIpc) is 3.01. The summed E-state index contributed by atoms with van der Waals surface area (Å²) in [6.45, 7) is 2.06. The maximum absolute atomic E-state index is 12.7. The van der Waals surface area contributed by atoms with Crippen LogP contribution in [0.3, 0.4) is 0 Å². The largest absolute Gasteiger partial charge is 0.497 e. The molecule has 2 aromatic rings. The SMILES string of the molecule is CCS(=O)(=O)C1CN(C(=O)c2cc(-c3cc(OC)ccc3OC)nn2C)C1. The Kier molecular flexibility index (Phi) is 5.14. The van der Waals surface area contributed by atoms with Crippen molar-refractivity contribution < 1.29 is 22.7 Å². The summed E-state index contributed by atoms with van der Waals surface area (Å²) in [5.41, 5.74) is 1.68. The predicted octanol–water partition coefficient (Wildman–Crippen LogP) is 1.36. The summed E-state index contributed by atoms with van der Waals surface area (Å²) in [7, 11) is 1.70. The highest BCUT2D eigenvalue weighted by molar-refractivity contribution is 7.92. The average molecular weight is 393 g/mol. The molecule has 0 aliphatic carbocycles. The molecule has 1 amide bonds. The third-order valence-corrected chi connectivity index (χ3v) is 6.95. The normalized spacial score (nSPS) is 14.7. The number of hydrogen-bond acceptors (Lipinski definition) is 6. The predicted molar refractivity (Wildman–Crippen MR) is 101 cm³/mol. The monoisotopic (exact) mass is 393 g/mol. The lowest BCUT2D eigenvalue weighted by atomic mass is 10.1. The van der Waals surface area contributed by atoms with Gasteiger partial charge in [-0.2, -0.15) is 5.10 Å². The third-order valence-electron chi connectivity index (χ3n) is 4.83. The van der Waals surface area contributed by atoms with Gasteiger partial charge in [0.05, 0.1) is 25.2 Å². The van der Waals surface area contributed by atoms with E-state index >= 15 is 0 Å². The Morgan fingerprint density at radius 2 is 1.93 bits per heavy atom. The molecule has 0 bridgehead atoms. The molecule has 0 N–H and O–H groups in total. The Bertz CT molecular complexity index is 961. The Hall–Kier alpha value is -2.55. The van der Waals surface area contributed by atoms with E-state index in [1.165, 1.54) is 9.58 Å². The van der Waals surface area contributed by atoms with Crippen molar-refractivity contribution in [1.29, 1.82) is 0 Å². The van der Waals surface area contributed by atoms with E-state index in [2.05, 4.69) is 5.10 Å². The van der Waals surface area contributed by atoms with Crippen molar-refractivity contribution in [2.75, 3.05) is 33.1 Å². The first-order chi connectivity index (χ1) is 12.8. The molecular formula is C18H23N3O5S. The first-order valence-electron chi connectivity index (χ1n) is 8.58. The van der Waals surface area contributed by atoms with Crippen molar-refractivity contribution in [1.82, 2.24) is 14.7 Å². The first-order valence-corrected chi connectivity index (χ1v) is 10.3. The topological polar surface area (TPSA) is 90.7 Å². The molecule has 0 radical (unpaired) electrons. The molecule has 1 aromatic heterocycles. The van der Waals surface area contributed by atoms with Crippen molar-refractivity contribution in [2.45, 2.75) is 12.2 Å². The summed E-state index contributed by atoms with van der Waals surface area (Å²) in [6.07, 6.45) is 0. The minimum absolute atomic E-state index is 0.0885. The number of amides is 1. The summed E-state index contributed by atoms with van der Waals surface area (Å²) < 4.78 is 35.9. The van der Waals surface area contributed by atoms with Gasteiger partial charge in [-0.3, -0.25) is 9.48 Å². The van der Waals surface area contributed by atoms with Crippen LogP contribution in [0, 0.1) is 0 Å². The van der Waals surface area contributed by atoms with E-state index in [9.17, 15) is 13.2 Å². The third kappa shape index (κ3) is 3.51. The number of aromatic nitrogens is 2. The van der Waals surface area contributed by atoms with Gasteiger partial charge in [-0.15, -0.1) is 0 Å². The second kappa shape index (κ2) is 7.22. The molecule has 1 saturated heterocycles. The summed E-state index contributed by atoms with van der Waals surface area (Å²) in [5.74, 6) is 1.12. The molecule has 1 aromatic carbocycles. The lowest BCUT2D eigenvalue weighted by Gasteiger charge is -2.38. The molecule has 1 aliphatic heterocycles. The van der Waals surface area contributed by atoms with Gasteiger partial charge in [0.15, 0.2) is 9.84 Å². The minimum Gasteiger partial charge on any atom is -0.497 e. The van der Waals surface area contributed by atoms with Crippen LogP contribution in [-0.2, 0) is 16.9 Å². The number of benzene rings is 1. The molecule has 9 heteroatoms. The quantitative estimate of drug-likeness (QED) is 0.736. The fourth-order valence-electron chi connectivity index (χ4n) is 3.04. The second-order valence-electron chi connectivity index (χ2n) is 6.39. The second-order valence-corrected chi connectivity index (χ2v) is 8.96. The number of likely N-dealkylation sites (tertiary alicyclic amines) is 1. The van der Waals surface area contributed by atoms with Crippen LogP contribution in [-0.4, -0.2) is 67.3 Å². The summed E-state index contributed by atoms with van der Waals surface area (Å²) in [5, 5.41) is 3.95. The number of carbonyl (C=O) groups is 1. The van der Waals surface area contributed by atoms with E-state index in [0.717, 1.165) is 0 Å². The molecule has 2 heterocycles. The van der Waals surface area contributed by atoms with Gasteiger partial charge in [0.25, 0.3) is 5.91 Å². The Labute approximate surface area is 158 Å². The molecule has 8 nitrogen and oxygen atoms in total. The summed E-state index contributed by atoms with van der Waals surface area (Å²) in [4.78, 5) is 14.3. The fourth-order valence-corrected chi connectivity index (χ4v) is 4.33. The lowest BCUT2D eigenvalue weighted by Crippen LogP contribution is -2.57. The Morgan fingerprint density at radius 3 is 2.52 bits per heavy atom. The van der Waals surface area contributed by atoms with Crippen LogP contribution in [0.5, 0.6) is 11.5 Å². The molecule has 1 fully saturated rings. The van der Waals surface area contributed by atoms with E-state index in [-0.39, 0.29) is 24.7 Å². The number of rotatable bonds is 6. The van der Waals surface area contributed by atoms with Gasteiger partial charge in [-0.1, -0.05) is 6.92 Å². The van der Waals surface area contributed by atoms with Crippen LogP contribution in [0.25, 0.3) is 11.3 Å². The molecule has 1 aliphatic rings. The van der Waals surface area contributed by atoms with Crippen LogP contribution in [0.15, 0.2) is 24.3 Å². The van der Waals surface area contributed by atoms with Crippen molar-refractivity contribution in [2.24, 2.45) is 7.05 Å². The maximum Gasteiger partial charge on any atom is 0.272 e. The van der Waals surface area contributed by atoms with Crippen molar-refractivity contribution >= 4 is 15.7 Å². The van der Waals surface area contributed by atoms with Crippen molar-refractivity contribution in [3.63, 3.8) is 0 Å². The number of carbonyl (C=O) groups excluding carboxylic acids is 1. The number of aryl methyl sites for hydroxylation is 1. The van der Waals surface area contributed by atoms with Gasteiger partial charge in [-0.05, 0) is 24.3 Å². The van der Waals surface area contributed by atoms with E-state index < -0.39 is 15.1 Å². The first kappa shape index (κ1) is 19.2. The Balaban J connectivity index is 1.85. The number of sulfone groups is 1. The molecule has 0 spiro atoms. The molecule has 0 unspecified atom stereocenters. The van der Waals surface area contributed by atoms with Gasteiger partial charge in [-0.25, -0.2) is 8.42 Å². The highest BCUT2D eigenvalue weighted by Crippen LogP contribution is 2.33. The maximum atomic E-state index is 12.7. The molecule has 27 heavy (non-hydrogen) atoms. The van der Waals surface area contributed by atoms with E-state index in [4.69, 9.17) is 9.47 Å². The highest BCUT2D eigenvalue weighted by Gasteiger charge is 2.39. The van der Waals surface area contributed by atoms with Crippen molar-refractivity contribution in [3.05, 3.63) is 30.0 Å². The fraction of sp³-hybridized carbons (Fsp3) is 0.444. The number of hydrogen-bond donors (Lipinski definition) is 0. The zero-order chi connectivity index (χ0) is 19.8. The van der Waals surface area contributed by atoms with Gasteiger partial charge >= 0.3 is 0 Å². The molecule has 3 rings (SSSR count). The minimum atomic E-state index is -3.12. The molecule has 0 atom stereocenters. The lowest BCUT2D eigenvalue weighted by molar-refractivity contribution is 0.0647. The van der Waals surface area contributed by atoms with Crippen LogP contribution >= 0.6 is 0 Å². The van der Waals surface area contributed by atoms with Gasteiger partial charge < -0.3 is 14.4 Å². The van der Waals surface area contributed by atoms with E-state index in [0.29, 0.717) is 28.5 Å². The Morgan fingerprint density at radius 1 is 1.22 bits per heavy atom. The molecular weight excluding hydrogens is 370 g/mol. The summed E-state index contributed by atoms with van der Waals surface area (Å²) >= 11 is 0. The molecule has 146 valence electrons. The zero-order valence-corrected chi connectivity index (χ0v) is 16.6. The highest BCUT2D eigenvalue weighted by atomic mass is 32.2. The number of methoxy groups -OCH3 is 2. The number of nitrogens with zero attached hydrogens (tertiary/aromatic N) is 3. The van der Waals surface area contributed by atoms with Gasteiger partial charge in [0.2, 0.25) is 0 Å². The van der Waals surface area contributed by atoms with Crippen LogP contribution in [0.1, 0.15) is 17.4 Å². The zero-order valence-electron chi connectivity index (χ0n) is 15.8. The van der Waals surface area contributed by atoms with Crippen LogP contribution in [0.2, 0.25) is 0 Å². The van der Waals surface area contributed by atoms with Crippen LogP contribution in [0.4, 0.5) is 0 Å². The smallest absolute Gasteiger partial charge is 0.272 e. The standard InChI is InChI=1S/C18H23N3O5S/c1-5-27(23,24)13-10-21(11-13)18(22)16-9-15(19-20(16)2)14-8-12(25-3)6-7-17(14)26-4/h6-9,13H,5,10-11H2,1-4H3. The number of ether oxygens (including phenoxy) is 2. The van der Waals surface area contributed by atoms with E-state index in [1.807, 2.05) is 0 Å².